The predicted octanol–water partition coefficient (Wildman–Crippen LogP) is 4.17. The van der Waals surface area contributed by atoms with Crippen molar-refractivity contribution in [2.45, 2.75) is 19.3 Å². The molecular weight excluding hydrogens is 368 g/mol. The molecule has 6 nitrogen and oxygen atoms in total. The summed E-state index contributed by atoms with van der Waals surface area (Å²) in [5.41, 5.74) is 4.16. The summed E-state index contributed by atoms with van der Waals surface area (Å²) in [5, 5.41) is 2.77. The first-order valence-electron chi connectivity index (χ1n) is 9.36. The molecule has 0 spiro atoms. The van der Waals surface area contributed by atoms with Crippen LogP contribution in [0, 0.1) is 0 Å². The highest BCUT2D eigenvalue weighted by Gasteiger charge is 2.29. The third-order valence-electron chi connectivity index (χ3n) is 5.22. The van der Waals surface area contributed by atoms with Gasteiger partial charge in [0, 0.05) is 48.5 Å². The normalized spacial score (nSPS) is 15.1. The minimum Gasteiger partial charge on any atom is -0.493 e. The minimum absolute atomic E-state index is 0.0422. The van der Waals surface area contributed by atoms with Crippen LogP contribution in [0.2, 0.25) is 0 Å². The van der Waals surface area contributed by atoms with Crippen molar-refractivity contribution in [3.8, 4) is 17.2 Å². The van der Waals surface area contributed by atoms with Crippen LogP contribution < -0.4 is 14.8 Å². The molecule has 0 saturated carbocycles. The number of rotatable bonds is 4. The average molecular weight is 390 g/mol. The van der Waals surface area contributed by atoms with Crippen LogP contribution in [0.1, 0.15) is 40.9 Å². The molecule has 2 heterocycles. The summed E-state index contributed by atoms with van der Waals surface area (Å²) in [7, 11) is 3.14. The second kappa shape index (κ2) is 7.47. The number of ketones is 1. The molecule has 2 aromatic carbocycles. The quantitative estimate of drug-likeness (QED) is 0.726. The van der Waals surface area contributed by atoms with Gasteiger partial charge in [0.1, 0.15) is 0 Å². The van der Waals surface area contributed by atoms with Crippen molar-refractivity contribution in [2.24, 2.45) is 0 Å². The fourth-order valence-electron chi connectivity index (χ4n) is 3.88. The Morgan fingerprint density at radius 1 is 1.07 bits per heavy atom. The highest BCUT2D eigenvalue weighted by molar-refractivity contribution is 6.01. The molecule has 1 aliphatic rings. The predicted molar refractivity (Wildman–Crippen MR) is 110 cm³/mol. The molecule has 1 aromatic heterocycles. The number of carbonyl (C=O) groups excluding carboxylic acids is 2. The van der Waals surface area contributed by atoms with Crippen LogP contribution in [0.5, 0.6) is 11.5 Å². The van der Waals surface area contributed by atoms with Crippen LogP contribution in [0.4, 0.5) is 5.69 Å². The zero-order chi connectivity index (χ0) is 20.5. The summed E-state index contributed by atoms with van der Waals surface area (Å²) >= 11 is 0. The summed E-state index contributed by atoms with van der Waals surface area (Å²) in [6.07, 6.45) is 2.29. The second-order valence-electron chi connectivity index (χ2n) is 7.01. The molecular formula is C23H22N2O4. The van der Waals surface area contributed by atoms with Crippen molar-refractivity contribution in [1.82, 2.24) is 4.57 Å². The average Bonchev–Trinajstić information content (AvgIpc) is 3.16. The topological polar surface area (TPSA) is 69.6 Å². The van der Waals surface area contributed by atoms with Crippen LogP contribution in [0.25, 0.3) is 5.69 Å². The number of hydrogen-bond donors (Lipinski definition) is 1. The summed E-state index contributed by atoms with van der Waals surface area (Å²) in [6, 6.07) is 15.2. The smallest absolute Gasteiger partial charge is 0.221 e. The highest BCUT2D eigenvalue weighted by Crippen LogP contribution is 2.40. The zero-order valence-corrected chi connectivity index (χ0v) is 16.6. The van der Waals surface area contributed by atoms with Gasteiger partial charge >= 0.3 is 0 Å². The number of aromatic nitrogens is 1. The van der Waals surface area contributed by atoms with Crippen molar-refractivity contribution >= 4 is 17.4 Å². The lowest BCUT2D eigenvalue weighted by molar-refractivity contribution is -0.114. The van der Waals surface area contributed by atoms with Crippen LogP contribution in [0.3, 0.4) is 0 Å². The summed E-state index contributed by atoms with van der Waals surface area (Å²) in [4.78, 5) is 24.4. The van der Waals surface area contributed by atoms with Crippen molar-refractivity contribution < 1.29 is 19.1 Å². The Balaban J connectivity index is 1.80. The van der Waals surface area contributed by atoms with Gasteiger partial charge in [0.25, 0.3) is 0 Å². The molecule has 0 bridgehead atoms. The lowest BCUT2D eigenvalue weighted by Crippen LogP contribution is -2.09. The number of anilines is 1. The van der Waals surface area contributed by atoms with Crippen LogP contribution in [0.15, 0.2) is 54.7 Å². The van der Waals surface area contributed by atoms with Crippen LogP contribution >= 0.6 is 0 Å². The molecule has 0 aliphatic carbocycles. The van der Waals surface area contributed by atoms with E-state index in [1.165, 1.54) is 6.92 Å². The molecule has 1 atom stereocenters. The summed E-state index contributed by atoms with van der Waals surface area (Å²) in [6.45, 7) is 1.48. The van der Waals surface area contributed by atoms with Crippen molar-refractivity contribution in [2.75, 3.05) is 19.5 Å². The van der Waals surface area contributed by atoms with Gasteiger partial charge in [-0.05, 0) is 35.9 Å². The van der Waals surface area contributed by atoms with E-state index in [2.05, 4.69) is 5.32 Å². The van der Waals surface area contributed by atoms with E-state index in [0.717, 1.165) is 22.6 Å². The Bertz CT molecular complexity index is 1080. The van der Waals surface area contributed by atoms with E-state index in [9.17, 15) is 9.59 Å². The fourth-order valence-corrected chi connectivity index (χ4v) is 3.88. The first kappa shape index (κ1) is 18.8. The third-order valence-corrected chi connectivity index (χ3v) is 5.22. The number of ether oxygens (including phenoxy) is 2. The Morgan fingerprint density at radius 2 is 1.76 bits per heavy atom. The summed E-state index contributed by atoms with van der Waals surface area (Å²) < 4.78 is 12.9. The number of amides is 1. The van der Waals surface area contributed by atoms with E-state index in [1.54, 1.807) is 20.3 Å². The van der Waals surface area contributed by atoms with Gasteiger partial charge in [-0.1, -0.05) is 12.1 Å². The van der Waals surface area contributed by atoms with Crippen molar-refractivity contribution in [1.29, 1.82) is 0 Å². The number of nitrogens with zero attached hydrogens (tertiary/aromatic N) is 1. The maximum absolute atomic E-state index is 13.2. The molecule has 148 valence electrons. The molecule has 0 fully saturated rings. The molecule has 3 aromatic rings. The number of methoxy groups -OCH3 is 2. The zero-order valence-electron chi connectivity index (χ0n) is 16.6. The Hall–Kier alpha value is -3.54. The largest absolute Gasteiger partial charge is 0.493 e. The SMILES string of the molecule is COc1cc2c(cc1OC)-n1cccc1[C@@H](c1ccc(NC(C)=O)cc1)CC2=O. The van der Waals surface area contributed by atoms with E-state index in [4.69, 9.17) is 9.47 Å². The van der Waals surface area contributed by atoms with E-state index in [-0.39, 0.29) is 17.6 Å². The number of fused-ring (bicyclic) bond motifs is 3. The van der Waals surface area contributed by atoms with E-state index in [1.807, 2.05) is 53.2 Å². The first-order chi connectivity index (χ1) is 14.0. The molecule has 1 aliphatic heterocycles. The number of carbonyl (C=O) groups is 2. The van der Waals surface area contributed by atoms with Crippen LogP contribution in [-0.4, -0.2) is 30.5 Å². The lowest BCUT2D eigenvalue weighted by Gasteiger charge is -2.17. The molecule has 6 heteroatoms. The van der Waals surface area contributed by atoms with Crippen molar-refractivity contribution in [3.05, 3.63) is 71.5 Å². The number of benzene rings is 2. The van der Waals surface area contributed by atoms with Gasteiger partial charge in [-0.25, -0.2) is 0 Å². The van der Waals surface area contributed by atoms with E-state index in [0.29, 0.717) is 23.5 Å². The van der Waals surface area contributed by atoms with Crippen LogP contribution in [-0.2, 0) is 4.79 Å². The Kier molecular flexibility index (Phi) is 4.84. The fraction of sp³-hybridized carbons (Fsp3) is 0.217. The van der Waals surface area contributed by atoms with Crippen molar-refractivity contribution in [3.63, 3.8) is 0 Å². The minimum atomic E-state index is -0.116. The van der Waals surface area contributed by atoms with Gasteiger partial charge < -0.3 is 19.4 Å². The number of nitrogens with one attached hydrogen (secondary N) is 1. The molecule has 29 heavy (non-hydrogen) atoms. The Labute approximate surface area is 169 Å². The van der Waals surface area contributed by atoms with Gasteiger partial charge in [-0.3, -0.25) is 9.59 Å². The molecule has 0 radical (unpaired) electrons. The molecule has 0 unspecified atom stereocenters. The maximum atomic E-state index is 13.2. The molecule has 1 N–H and O–H groups in total. The van der Waals surface area contributed by atoms with Gasteiger partial charge in [-0.2, -0.15) is 0 Å². The van der Waals surface area contributed by atoms with Gasteiger partial charge in [0.05, 0.1) is 19.9 Å². The van der Waals surface area contributed by atoms with Gasteiger partial charge in [0.2, 0.25) is 5.91 Å². The number of hydrogen-bond acceptors (Lipinski definition) is 4. The summed E-state index contributed by atoms with van der Waals surface area (Å²) in [5.74, 6) is 0.937. The molecule has 0 saturated heterocycles. The van der Waals surface area contributed by atoms with Gasteiger partial charge in [-0.15, -0.1) is 0 Å². The standard InChI is InChI=1S/C23H22N2O4/c1-14(26)24-16-8-6-15(7-9-16)17-11-21(27)18-12-22(28-2)23(29-3)13-20(18)25-10-4-5-19(17)25/h4-10,12-13,17H,11H2,1-3H3,(H,24,26)/t17-/m1/s1. The van der Waals surface area contributed by atoms with E-state index >= 15 is 0 Å². The highest BCUT2D eigenvalue weighted by atomic mass is 16.5. The maximum Gasteiger partial charge on any atom is 0.221 e. The number of Topliss-reactive ketones (excluding diaryl/α,β-unsaturated/α-hetero) is 1. The van der Waals surface area contributed by atoms with E-state index < -0.39 is 0 Å². The van der Waals surface area contributed by atoms with Gasteiger partial charge in [0.15, 0.2) is 17.3 Å². The third kappa shape index (κ3) is 3.38. The Morgan fingerprint density at radius 3 is 2.41 bits per heavy atom. The monoisotopic (exact) mass is 390 g/mol. The lowest BCUT2D eigenvalue weighted by atomic mass is 9.90. The second-order valence-corrected chi connectivity index (χ2v) is 7.01. The first-order valence-corrected chi connectivity index (χ1v) is 9.36. The molecule has 1 amide bonds. The molecule has 4 rings (SSSR count).